The van der Waals surface area contributed by atoms with Gasteiger partial charge >= 0.3 is 5.97 Å². The maximum Gasteiger partial charge on any atom is 0.328 e. The molecule has 0 aliphatic heterocycles. The molecule has 0 unspecified atom stereocenters. The van der Waals surface area contributed by atoms with Crippen molar-refractivity contribution < 1.29 is 14.7 Å². The van der Waals surface area contributed by atoms with Gasteiger partial charge in [0.1, 0.15) is 26.4 Å². The number of rotatable bonds is 7. The molecule has 0 aliphatic rings. The summed E-state index contributed by atoms with van der Waals surface area (Å²) < 4.78 is 1.91. The zero-order valence-corrected chi connectivity index (χ0v) is 17.7. The third kappa shape index (κ3) is 4.38. The van der Waals surface area contributed by atoms with Gasteiger partial charge in [-0.25, -0.2) is 19.7 Å². The monoisotopic (exact) mass is 436 g/mol. The lowest BCUT2D eigenvalue weighted by Crippen LogP contribution is -2.26. The second-order valence-corrected chi connectivity index (χ2v) is 7.87. The highest BCUT2D eigenvalue weighted by molar-refractivity contribution is 7.21. The van der Waals surface area contributed by atoms with Crippen LogP contribution in [0.3, 0.4) is 0 Å². The maximum atomic E-state index is 11.1. The van der Waals surface area contributed by atoms with Crippen molar-refractivity contribution in [2.24, 2.45) is 7.05 Å². The van der Waals surface area contributed by atoms with Crippen molar-refractivity contribution in [3.8, 4) is 10.6 Å². The smallest absolute Gasteiger partial charge is 0.328 e. The van der Waals surface area contributed by atoms with Gasteiger partial charge in [-0.1, -0.05) is 29.5 Å². The zero-order valence-electron chi connectivity index (χ0n) is 16.9. The minimum Gasteiger partial charge on any atom is -0.478 e. The molecule has 9 nitrogen and oxygen atoms in total. The van der Waals surface area contributed by atoms with Crippen LogP contribution in [0.2, 0.25) is 0 Å². The van der Waals surface area contributed by atoms with E-state index in [0.717, 1.165) is 38.1 Å². The number of pyridine rings is 1. The third-order valence-corrected chi connectivity index (χ3v) is 5.55. The van der Waals surface area contributed by atoms with Crippen molar-refractivity contribution >= 4 is 56.5 Å². The molecule has 0 atom stereocenters. The summed E-state index contributed by atoms with van der Waals surface area (Å²) in [4.78, 5) is 36.6. The van der Waals surface area contributed by atoms with Gasteiger partial charge in [0.05, 0.1) is 6.33 Å². The number of carbonyl (C=O) groups is 2. The summed E-state index contributed by atoms with van der Waals surface area (Å²) in [5, 5.41) is 15.6. The lowest BCUT2D eigenvalue weighted by molar-refractivity contribution is -0.131. The van der Waals surface area contributed by atoms with Crippen LogP contribution in [0.5, 0.6) is 0 Å². The number of carboxylic acids is 1. The topological polar surface area (TPSA) is 122 Å². The number of amides is 1. The molecule has 1 aromatic carbocycles. The Morgan fingerprint density at radius 2 is 2.06 bits per heavy atom. The normalized spacial score (nSPS) is 11.4. The second-order valence-electron chi connectivity index (χ2n) is 6.89. The van der Waals surface area contributed by atoms with Gasteiger partial charge in [-0.05, 0) is 17.7 Å². The second kappa shape index (κ2) is 8.52. The van der Waals surface area contributed by atoms with E-state index in [9.17, 15) is 9.59 Å². The Hall–Kier alpha value is -3.79. The van der Waals surface area contributed by atoms with E-state index in [2.05, 4.69) is 15.6 Å². The fourth-order valence-corrected chi connectivity index (χ4v) is 4.13. The van der Waals surface area contributed by atoms with E-state index in [1.165, 1.54) is 18.3 Å². The number of aliphatic carboxylic acids is 1. The summed E-state index contributed by atoms with van der Waals surface area (Å²) >= 11 is 1.46. The van der Waals surface area contributed by atoms with Crippen LogP contribution >= 0.6 is 11.3 Å². The summed E-state index contributed by atoms with van der Waals surface area (Å²) in [6.45, 7) is 2.48. The Morgan fingerprint density at radius 3 is 2.84 bits per heavy atom. The van der Waals surface area contributed by atoms with Crippen LogP contribution in [0.25, 0.3) is 38.0 Å². The van der Waals surface area contributed by atoms with Crippen LogP contribution in [0.1, 0.15) is 12.5 Å². The molecule has 0 bridgehead atoms. The van der Waals surface area contributed by atoms with E-state index in [-0.39, 0.29) is 5.91 Å². The number of nitrogens with one attached hydrogen (secondary N) is 2. The number of anilines is 1. The fraction of sp³-hybridized carbons (Fsp3) is 0.190. The minimum atomic E-state index is -0.994. The van der Waals surface area contributed by atoms with E-state index in [0.29, 0.717) is 24.4 Å². The van der Waals surface area contributed by atoms with Gasteiger partial charge in [0.2, 0.25) is 5.91 Å². The molecule has 1 amide bonds. The van der Waals surface area contributed by atoms with E-state index in [4.69, 9.17) is 15.1 Å². The average molecular weight is 436 g/mol. The molecule has 0 aliphatic carbocycles. The van der Waals surface area contributed by atoms with Gasteiger partial charge in [-0.15, -0.1) is 0 Å². The SMILES string of the molecule is CC(=O)NCCNc1nc2sc(-c3cccc(/C=C/C(=O)O)c3)nc2c2c1ncn2C. The number of carbonyl (C=O) groups excluding carboxylic acids is 1. The molecule has 31 heavy (non-hydrogen) atoms. The molecule has 0 fully saturated rings. The number of nitrogens with zero attached hydrogens (tertiary/aromatic N) is 4. The van der Waals surface area contributed by atoms with Crippen LogP contribution < -0.4 is 10.6 Å². The number of aryl methyl sites for hydroxylation is 1. The summed E-state index contributed by atoms with van der Waals surface area (Å²) in [6.07, 6.45) is 4.38. The number of imidazole rings is 1. The predicted octanol–water partition coefficient (Wildman–Crippen LogP) is 2.89. The molecule has 0 saturated carbocycles. The van der Waals surface area contributed by atoms with Gasteiger partial charge in [0.25, 0.3) is 0 Å². The Balaban J connectivity index is 1.73. The number of hydrogen-bond donors (Lipinski definition) is 3. The van der Waals surface area contributed by atoms with Crippen molar-refractivity contribution in [1.29, 1.82) is 0 Å². The number of thiazole rings is 1. The number of fused-ring (bicyclic) bond motifs is 3. The lowest BCUT2D eigenvalue weighted by Gasteiger charge is -2.07. The largest absolute Gasteiger partial charge is 0.478 e. The molecule has 0 saturated heterocycles. The van der Waals surface area contributed by atoms with Crippen molar-refractivity contribution in [3.63, 3.8) is 0 Å². The zero-order chi connectivity index (χ0) is 22.0. The number of carboxylic acid groups (broad SMARTS) is 1. The fourth-order valence-electron chi connectivity index (χ4n) is 3.19. The van der Waals surface area contributed by atoms with Crippen molar-refractivity contribution in [1.82, 2.24) is 24.8 Å². The first-order valence-electron chi connectivity index (χ1n) is 9.53. The van der Waals surface area contributed by atoms with Gasteiger partial charge in [0, 0.05) is 38.7 Å². The predicted molar refractivity (Wildman–Crippen MR) is 121 cm³/mol. The van der Waals surface area contributed by atoms with Crippen molar-refractivity contribution in [2.45, 2.75) is 6.92 Å². The van der Waals surface area contributed by atoms with Crippen LogP contribution in [0, 0.1) is 0 Å². The molecule has 3 N–H and O–H groups in total. The van der Waals surface area contributed by atoms with Crippen molar-refractivity contribution in [3.05, 3.63) is 42.2 Å². The van der Waals surface area contributed by atoms with E-state index in [1.807, 2.05) is 35.9 Å². The van der Waals surface area contributed by atoms with Gasteiger partial charge < -0.3 is 20.3 Å². The molecular formula is C21H20N6O3S. The molecule has 4 rings (SSSR count). The Bertz CT molecular complexity index is 1320. The number of hydrogen-bond acceptors (Lipinski definition) is 7. The van der Waals surface area contributed by atoms with Gasteiger partial charge in [0.15, 0.2) is 5.82 Å². The Kier molecular flexibility index (Phi) is 5.63. The molecule has 10 heteroatoms. The number of benzene rings is 1. The Labute approximate surface area is 181 Å². The summed E-state index contributed by atoms with van der Waals surface area (Å²) in [5.41, 5.74) is 4.00. The molecular weight excluding hydrogens is 416 g/mol. The minimum absolute atomic E-state index is 0.0827. The van der Waals surface area contributed by atoms with Crippen LogP contribution in [0.15, 0.2) is 36.7 Å². The molecule has 3 aromatic heterocycles. The molecule has 0 radical (unpaired) electrons. The van der Waals surface area contributed by atoms with Crippen LogP contribution in [-0.4, -0.2) is 49.6 Å². The van der Waals surface area contributed by atoms with E-state index >= 15 is 0 Å². The highest BCUT2D eigenvalue weighted by atomic mass is 32.1. The number of aromatic nitrogens is 4. The maximum absolute atomic E-state index is 11.1. The van der Waals surface area contributed by atoms with Crippen LogP contribution in [0.4, 0.5) is 5.82 Å². The Morgan fingerprint density at radius 1 is 1.23 bits per heavy atom. The highest BCUT2D eigenvalue weighted by Crippen LogP contribution is 2.35. The first kappa shape index (κ1) is 20.5. The lowest BCUT2D eigenvalue weighted by atomic mass is 10.1. The summed E-state index contributed by atoms with van der Waals surface area (Å²) in [6, 6.07) is 7.53. The first-order chi connectivity index (χ1) is 14.9. The third-order valence-electron chi connectivity index (χ3n) is 4.55. The highest BCUT2D eigenvalue weighted by Gasteiger charge is 2.17. The molecule has 4 aromatic rings. The van der Waals surface area contributed by atoms with Crippen LogP contribution in [-0.2, 0) is 16.6 Å². The molecule has 158 valence electrons. The van der Waals surface area contributed by atoms with Gasteiger partial charge in [-0.2, -0.15) is 0 Å². The standard InChI is InChI=1S/C21H20N6O3S/c1-12(28)22-8-9-23-19-16-18(27(2)11-24-16)17-21(26-19)31-20(25-17)14-5-3-4-13(10-14)6-7-15(29)30/h3-7,10-11H,8-9H2,1-2H3,(H,22,28)(H,23,26)(H,29,30)/b7-6+. The quantitative estimate of drug-likeness (QED) is 0.301. The molecule has 0 spiro atoms. The average Bonchev–Trinajstić information content (AvgIpc) is 3.33. The summed E-state index contributed by atoms with van der Waals surface area (Å²) in [5.74, 6) is -0.436. The molecule has 3 heterocycles. The first-order valence-corrected chi connectivity index (χ1v) is 10.4. The van der Waals surface area contributed by atoms with E-state index < -0.39 is 5.97 Å². The van der Waals surface area contributed by atoms with Gasteiger partial charge in [-0.3, -0.25) is 4.79 Å². The van der Waals surface area contributed by atoms with E-state index in [1.54, 1.807) is 12.4 Å². The summed E-state index contributed by atoms with van der Waals surface area (Å²) in [7, 11) is 1.91. The van der Waals surface area contributed by atoms with Crippen molar-refractivity contribution in [2.75, 3.05) is 18.4 Å².